The SMILES string of the molecule is C1CNCC(N2CCOCC2)N(N2CCSCC2)C1. The number of hydrogen-bond donors (Lipinski definition) is 1. The highest BCUT2D eigenvalue weighted by molar-refractivity contribution is 7.99. The first-order chi connectivity index (χ1) is 9.45. The van der Waals surface area contributed by atoms with Gasteiger partial charge in [-0.25, -0.2) is 10.0 Å². The molecule has 0 aliphatic carbocycles. The number of nitrogens with one attached hydrogen (secondary N) is 1. The van der Waals surface area contributed by atoms with Crippen molar-refractivity contribution in [2.45, 2.75) is 12.6 Å². The van der Waals surface area contributed by atoms with Crippen LogP contribution in [0.15, 0.2) is 0 Å². The predicted molar refractivity (Wildman–Crippen MR) is 79.3 cm³/mol. The van der Waals surface area contributed by atoms with Crippen LogP contribution in [0.5, 0.6) is 0 Å². The van der Waals surface area contributed by atoms with Gasteiger partial charge in [0.15, 0.2) is 0 Å². The van der Waals surface area contributed by atoms with E-state index in [1.165, 1.54) is 37.6 Å². The maximum Gasteiger partial charge on any atom is 0.0887 e. The summed E-state index contributed by atoms with van der Waals surface area (Å²) in [4.78, 5) is 2.60. The lowest BCUT2D eigenvalue weighted by molar-refractivity contribution is -0.121. The van der Waals surface area contributed by atoms with E-state index >= 15 is 0 Å². The van der Waals surface area contributed by atoms with Crippen molar-refractivity contribution >= 4 is 11.8 Å². The second-order valence-corrected chi connectivity index (χ2v) is 6.64. The monoisotopic (exact) mass is 286 g/mol. The molecule has 19 heavy (non-hydrogen) atoms. The van der Waals surface area contributed by atoms with Gasteiger partial charge in [-0.2, -0.15) is 11.8 Å². The Labute approximate surface area is 120 Å². The van der Waals surface area contributed by atoms with E-state index in [0.717, 1.165) is 39.4 Å². The summed E-state index contributed by atoms with van der Waals surface area (Å²) in [6.45, 7) is 9.79. The number of ether oxygens (including phenoxy) is 1. The molecule has 3 rings (SSSR count). The molecule has 3 aliphatic heterocycles. The van der Waals surface area contributed by atoms with Crippen LogP contribution in [0, 0.1) is 0 Å². The molecule has 1 unspecified atom stereocenters. The third-order valence-electron chi connectivity index (χ3n) is 4.23. The highest BCUT2D eigenvalue weighted by atomic mass is 32.2. The van der Waals surface area contributed by atoms with E-state index in [4.69, 9.17) is 4.74 Å². The molecule has 0 spiro atoms. The molecule has 6 heteroatoms. The summed E-state index contributed by atoms with van der Waals surface area (Å²) in [7, 11) is 0. The number of rotatable bonds is 2. The van der Waals surface area contributed by atoms with Crippen LogP contribution in [0.25, 0.3) is 0 Å². The molecule has 3 aliphatic rings. The Morgan fingerprint density at radius 2 is 1.79 bits per heavy atom. The first kappa shape index (κ1) is 14.1. The van der Waals surface area contributed by atoms with Gasteiger partial charge in [0.25, 0.3) is 0 Å². The van der Waals surface area contributed by atoms with Gasteiger partial charge in [0, 0.05) is 50.8 Å². The Morgan fingerprint density at radius 3 is 2.58 bits per heavy atom. The summed E-state index contributed by atoms with van der Waals surface area (Å²) in [5.41, 5.74) is 0. The van der Waals surface area contributed by atoms with Crippen molar-refractivity contribution in [2.24, 2.45) is 0 Å². The van der Waals surface area contributed by atoms with Gasteiger partial charge in [-0.05, 0) is 13.0 Å². The van der Waals surface area contributed by atoms with Crippen LogP contribution < -0.4 is 5.32 Å². The summed E-state index contributed by atoms with van der Waals surface area (Å²) < 4.78 is 5.50. The van der Waals surface area contributed by atoms with E-state index < -0.39 is 0 Å². The zero-order valence-corrected chi connectivity index (χ0v) is 12.5. The quantitative estimate of drug-likeness (QED) is 0.763. The zero-order valence-electron chi connectivity index (χ0n) is 11.7. The lowest BCUT2D eigenvalue weighted by Crippen LogP contribution is -2.61. The van der Waals surface area contributed by atoms with Crippen molar-refractivity contribution in [3.63, 3.8) is 0 Å². The Kier molecular flexibility index (Phi) is 5.38. The fourth-order valence-corrected chi connectivity index (χ4v) is 4.07. The lowest BCUT2D eigenvalue weighted by Gasteiger charge is -2.46. The third kappa shape index (κ3) is 3.62. The van der Waals surface area contributed by atoms with Crippen LogP contribution in [0.2, 0.25) is 0 Å². The van der Waals surface area contributed by atoms with Gasteiger partial charge in [0.05, 0.1) is 19.4 Å². The average Bonchev–Trinajstić information content (AvgIpc) is 2.75. The molecule has 0 aromatic carbocycles. The van der Waals surface area contributed by atoms with E-state index in [0.29, 0.717) is 6.17 Å². The highest BCUT2D eigenvalue weighted by Gasteiger charge is 2.32. The molecule has 110 valence electrons. The Hall–Kier alpha value is 0.150. The zero-order chi connectivity index (χ0) is 12.9. The maximum absolute atomic E-state index is 5.50. The minimum absolute atomic E-state index is 0.523. The Bertz CT molecular complexity index is 243. The van der Waals surface area contributed by atoms with Crippen LogP contribution in [0.1, 0.15) is 6.42 Å². The van der Waals surface area contributed by atoms with Crippen LogP contribution in [0.4, 0.5) is 0 Å². The lowest BCUT2D eigenvalue weighted by atomic mass is 10.3. The standard InChI is InChI=1S/C13H26N4OS/c1-2-14-12-13(15-4-8-18-9-5-15)17(3-1)16-6-10-19-11-7-16/h13-14H,1-12H2. The molecule has 0 radical (unpaired) electrons. The molecule has 1 N–H and O–H groups in total. The van der Waals surface area contributed by atoms with Gasteiger partial charge in [0.1, 0.15) is 0 Å². The molecule has 0 aromatic heterocycles. The summed E-state index contributed by atoms with van der Waals surface area (Å²) in [5, 5.41) is 8.85. The second-order valence-electron chi connectivity index (χ2n) is 5.42. The second kappa shape index (κ2) is 7.24. The van der Waals surface area contributed by atoms with Gasteiger partial charge >= 0.3 is 0 Å². The number of nitrogens with zero attached hydrogens (tertiary/aromatic N) is 3. The number of morpholine rings is 1. The molecular formula is C13H26N4OS. The predicted octanol–water partition coefficient (Wildman–Crippen LogP) is -0.0962. The van der Waals surface area contributed by atoms with Crippen LogP contribution in [-0.2, 0) is 4.74 Å². The maximum atomic E-state index is 5.50. The van der Waals surface area contributed by atoms with Gasteiger partial charge in [-0.1, -0.05) is 0 Å². The smallest absolute Gasteiger partial charge is 0.0887 e. The molecule has 0 saturated carbocycles. The van der Waals surface area contributed by atoms with Crippen molar-refractivity contribution in [1.29, 1.82) is 0 Å². The fourth-order valence-electron chi connectivity index (χ4n) is 3.19. The van der Waals surface area contributed by atoms with Gasteiger partial charge in [-0.15, -0.1) is 0 Å². The normalized spacial score (nSPS) is 33.2. The van der Waals surface area contributed by atoms with E-state index in [2.05, 4.69) is 32.0 Å². The first-order valence-electron chi connectivity index (χ1n) is 7.57. The van der Waals surface area contributed by atoms with Crippen molar-refractivity contribution in [2.75, 3.05) is 70.5 Å². The van der Waals surface area contributed by atoms with Crippen molar-refractivity contribution in [3.8, 4) is 0 Å². The first-order valence-corrected chi connectivity index (χ1v) is 8.72. The Morgan fingerprint density at radius 1 is 1.00 bits per heavy atom. The molecule has 0 amide bonds. The van der Waals surface area contributed by atoms with Crippen molar-refractivity contribution in [3.05, 3.63) is 0 Å². The number of hydrogen-bond acceptors (Lipinski definition) is 6. The fraction of sp³-hybridized carbons (Fsp3) is 1.00. The Balaban J connectivity index is 1.68. The average molecular weight is 286 g/mol. The third-order valence-corrected chi connectivity index (χ3v) is 5.17. The molecule has 3 fully saturated rings. The molecule has 0 bridgehead atoms. The summed E-state index contributed by atoms with van der Waals surface area (Å²) in [6, 6.07) is 0. The van der Waals surface area contributed by atoms with Crippen molar-refractivity contribution in [1.82, 2.24) is 20.2 Å². The van der Waals surface area contributed by atoms with E-state index in [-0.39, 0.29) is 0 Å². The van der Waals surface area contributed by atoms with Gasteiger partial charge in [0.2, 0.25) is 0 Å². The summed E-state index contributed by atoms with van der Waals surface area (Å²) >= 11 is 2.09. The largest absolute Gasteiger partial charge is 0.379 e. The topological polar surface area (TPSA) is 31.0 Å². The minimum Gasteiger partial charge on any atom is -0.379 e. The van der Waals surface area contributed by atoms with Crippen LogP contribution in [0.3, 0.4) is 0 Å². The molecule has 3 saturated heterocycles. The van der Waals surface area contributed by atoms with E-state index in [1.807, 2.05) is 0 Å². The van der Waals surface area contributed by atoms with Gasteiger partial charge < -0.3 is 10.1 Å². The molecule has 1 atom stereocenters. The minimum atomic E-state index is 0.523. The number of hydrazine groups is 1. The van der Waals surface area contributed by atoms with Gasteiger partial charge in [-0.3, -0.25) is 4.90 Å². The molecule has 5 nitrogen and oxygen atoms in total. The van der Waals surface area contributed by atoms with E-state index in [1.54, 1.807) is 0 Å². The van der Waals surface area contributed by atoms with Crippen LogP contribution >= 0.6 is 11.8 Å². The molecule has 3 heterocycles. The van der Waals surface area contributed by atoms with E-state index in [9.17, 15) is 0 Å². The molecular weight excluding hydrogens is 260 g/mol. The molecule has 0 aromatic rings. The summed E-state index contributed by atoms with van der Waals surface area (Å²) in [6.07, 6.45) is 1.78. The number of thioether (sulfide) groups is 1. The highest BCUT2D eigenvalue weighted by Crippen LogP contribution is 2.18. The van der Waals surface area contributed by atoms with Crippen LogP contribution in [-0.4, -0.2) is 91.6 Å². The summed E-state index contributed by atoms with van der Waals surface area (Å²) in [5.74, 6) is 2.56. The van der Waals surface area contributed by atoms with Crippen molar-refractivity contribution < 1.29 is 4.74 Å².